The van der Waals surface area contributed by atoms with Crippen LogP contribution in [0.15, 0.2) is 0 Å². The molecule has 4 nitrogen and oxygen atoms in total. The third kappa shape index (κ3) is 2.32. The minimum Gasteiger partial charge on any atom is -0.378 e. The normalized spacial score (nSPS) is 32.7. The van der Waals surface area contributed by atoms with Crippen LogP contribution in [0, 0.1) is 5.92 Å². The van der Waals surface area contributed by atoms with Crippen molar-refractivity contribution in [2.45, 2.75) is 44.2 Å². The summed E-state index contributed by atoms with van der Waals surface area (Å²) >= 11 is 0. The molecule has 0 aromatic heterocycles. The van der Waals surface area contributed by atoms with Gasteiger partial charge in [-0.05, 0) is 25.7 Å². The van der Waals surface area contributed by atoms with Crippen LogP contribution in [0.4, 0.5) is 0 Å². The van der Waals surface area contributed by atoms with Crippen LogP contribution in [0.1, 0.15) is 32.6 Å². The highest BCUT2D eigenvalue weighted by Gasteiger charge is 2.46. The number of nitrogens with one attached hydrogen (secondary N) is 1. The summed E-state index contributed by atoms with van der Waals surface area (Å²) in [6.07, 6.45) is 4.05. The van der Waals surface area contributed by atoms with Crippen LogP contribution in [-0.4, -0.2) is 30.7 Å². The lowest BCUT2D eigenvalue weighted by atomic mass is 9.99. The summed E-state index contributed by atoms with van der Waals surface area (Å²) < 4.78 is 5.57. The van der Waals surface area contributed by atoms with E-state index in [4.69, 9.17) is 10.5 Å². The van der Waals surface area contributed by atoms with Crippen molar-refractivity contribution in [3.05, 3.63) is 0 Å². The van der Waals surface area contributed by atoms with Crippen molar-refractivity contribution < 1.29 is 9.53 Å². The lowest BCUT2D eigenvalue weighted by molar-refractivity contribution is -0.123. The van der Waals surface area contributed by atoms with E-state index in [0.29, 0.717) is 12.0 Å². The molecule has 0 radical (unpaired) electrons. The van der Waals surface area contributed by atoms with E-state index in [-0.39, 0.29) is 5.91 Å². The van der Waals surface area contributed by atoms with Gasteiger partial charge in [-0.2, -0.15) is 0 Å². The van der Waals surface area contributed by atoms with E-state index in [2.05, 4.69) is 12.2 Å². The predicted octanol–water partition coefficient (Wildman–Crippen LogP) is 0.409. The van der Waals surface area contributed by atoms with Gasteiger partial charge in [0.15, 0.2) is 0 Å². The van der Waals surface area contributed by atoms with Crippen molar-refractivity contribution in [3.8, 4) is 0 Å². The molecule has 0 aromatic carbocycles. The third-order valence-electron chi connectivity index (χ3n) is 3.51. The molecule has 1 heterocycles. The first kappa shape index (κ1) is 10.9. The molecule has 86 valence electrons. The molecule has 1 saturated carbocycles. The molecular formula is C11H20N2O2. The molecule has 0 spiro atoms. The molecule has 1 saturated heterocycles. The van der Waals surface area contributed by atoms with Crippen LogP contribution >= 0.6 is 0 Å². The Kier molecular flexibility index (Phi) is 2.98. The first-order chi connectivity index (χ1) is 7.15. The second-order valence-electron chi connectivity index (χ2n) is 4.73. The number of rotatable bonds is 4. The number of amides is 1. The number of nitrogens with two attached hydrogens (primary N) is 1. The Bertz CT molecular complexity index is 251. The maximum absolute atomic E-state index is 11.6. The molecule has 0 aromatic rings. The second kappa shape index (κ2) is 4.10. The van der Waals surface area contributed by atoms with Gasteiger partial charge in [0.2, 0.25) is 5.91 Å². The van der Waals surface area contributed by atoms with E-state index < -0.39 is 5.54 Å². The summed E-state index contributed by atoms with van der Waals surface area (Å²) in [4.78, 5) is 11.6. The lowest BCUT2D eigenvalue weighted by Gasteiger charge is -2.18. The summed E-state index contributed by atoms with van der Waals surface area (Å²) in [6.45, 7) is 3.67. The molecule has 3 N–H and O–H groups in total. The van der Waals surface area contributed by atoms with Gasteiger partial charge in [0, 0.05) is 19.1 Å². The van der Waals surface area contributed by atoms with Gasteiger partial charge in [-0.1, -0.05) is 6.92 Å². The van der Waals surface area contributed by atoms with Crippen LogP contribution in [0.5, 0.6) is 0 Å². The highest BCUT2D eigenvalue weighted by molar-refractivity contribution is 5.88. The Balaban J connectivity index is 1.75. The molecule has 1 aliphatic carbocycles. The average molecular weight is 212 g/mol. The van der Waals surface area contributed by atoms with Crippen molar-refractivity contribution in [1.29, 1.82) is 0 Å². The molecule has 0 bridgehead atoms. The Morgan fingerprint density at radius 3 is 2.93 bits per heavy atom. The Labute approximate surface area is 90.5 Å². The summed E-state index contributed by atoms with van der Waals surface area (Å²) in [5.74, 6) is 0.491. The van der Waals surface area contributed by atoms with Gasteiger partial charge in [-0.3, -0.25) is 4.79 Å². The van der Waals surface area contributed by atoms with Gasteiger partial charge in [-0.15, -0.1) is 0 Å². The Hall–Kier alpha value is -0.610. The number of ether oxygens (including phenoxy) is 1. The summed E-state index contributed by atoms with van der Waals surface area (Å²) in [7, 11) is 0. The van der Waals surface area contributed by atoms with E-state index in [1.165, 1.54) is 0 Å². The molecular weight excluding hydrogens is 192 g/mol. The molecule has 1 amide bonds. The lowest BCUT2D eigenvalue weighted by Crippen LogP contribution is -2.45. The van der Waals surface area contributed by atoms with Gasteiger partial charge in [-0.25, -0.2) is 0 Å². The van der Waals surface area contributed by atoms with Crippen molar-refractivity contribution in [2.75, 3.05) is 13.2 Å². The van der Waals surface area contributed by atoms with Crippen molar-refractivity contribution in [3.63, 3.8) is 0 Å². The minimum atomic E-state index is -0.541. The van der Waals surface area contributed by atoms with E-state index in [0.717, 1.165) is 38.8 Å². The number of hydrogen-bond acceptors (Lipinski definition) is 3. The standard InChI is InChI=1S/C11H20N2O2/c1-2-9-8(3-6-15-9)7-13-10(14)11(12)4-5-11/h8-9H,2-7,12H2,1H3,(H,13,14). The molecule has 2 unspecified atom stereocenters. The molecule has 15 heavy (non-hydrogen) atoms. The molecule has 2 rings (SSSR count). The van der Waals surface area contributed by atoms with Crippen LogP contribution in [0.25, 0.3) is 0 Å². The van der Waals surface area contributed by atoms with Gasteiger partial charge in [0.25, 0.3) is 0 Å². The summed E-state index contributed by atoms with van der Waals surface area (Å²) in [6, 6.07) is 0. The summed E-state index contributed by atoms with van der Waals surface area (Å²) in [5.41, 5.74) is 5.26. The van der Waals surface area contributed by atoms with Crippen LogP contribution < -0.4 is 11.1 Å². The molecule has 2 atom stereocenters. The van der Waals surface area contributed by atoms with Gasteiger partial charge >= 0.3 is 0 Å². The third-order valence-corrected chi connectivity index (χ3v) is 3.51. The van der Waals surface area contributed by atoms with Crippen LogP contribution in [0.3, 0.4) is 0 Å². The fourth-order valence-electron chi connectivity index (χ4n) is 2.14. The highest BCUT2D eigenvalue weighted by Crippen LogP contribution is 2.32. The SMILES string of the molecule is CCC1OCCC1CNC(=O)C1(N)CC1. The minimum absolute atomic E-state index is 0.0178. The molecule has 2 fully saturated rings. The fourth-order valence-corrected chi connectivity index (χ4v) is 2.14. The molecule has 2 aliphatic rings. The Morgan fingerprint density at radius 1 is 1.60 bits per heavy atom. The fraction of sp³-hybridized carbons (Fsp3) is 0.909. The predicted molar refractivity (Wildman–Crippen MR) is 57.3 cm³/mol. The highest BCUT2D eigenvalue weighted by atomic mass is 16.5. The molecule has 4 heteroatoms. The van der Waals surface area contributed by atoms with E-state index in [1.807, 2.05) is 0 Å². The number of carbonyl (C=O) groups is 1. The second-order valence-corrected chi connectivity index (χ2v) is 4.73. The largest absolute Gasteiger partial charge is 0.378 e. The molecule has 1 aliphatic heterocycles. The van der Waals surface area contributed by atoms with E-state index in [1.54, 1.807) is 0 Å². The monoisotopic (exact) mass is 212 g/mol. The maximum atomic E-state index is 11.6. The van der Waals surface area contributed by atoms with Gasteiger partial charge in [0.1, 0.15) is 0 Å². The van der Waals surface area contributed by atoms with E-state index >= 15 is 0 Å². The van der Waals surface area contributed by atoms with Crippen molar-refractivity contribution in [1.82, 2.24) is 5.32 Å². The zero-order valence-corrected chi connectivity index (χ0v) is 9.29. The van der Waals surface area contributed by atoms with Crippen LogP contribution in [0.2, 0.25) is 0 Å². The zero-order valence-electron chi connectivity index (χ0n) is 9.29. The Morgan fingerprint density at radius 2 is 2.33 bits per heavy atom. The quantitative estimate of drug-likeness (QED) is 0.709. The smallest absolute Gasteiger partial charge is 0.240 e. The van der Waals surface area contributed by atoms with Gasteiger partial charge < -0.3 is 15.8 Å². The van der Waals surface area contributed by atoms with Crippen LogP contribution in [-0.2, 0) is 9.53 Å². The van der Waals surface area contributed by atoms with E-state index in [9.17, 15) is 4.79 Å². The van der Waals surface area contributed by atoms with Gasteiger partial charge in [0.05, 0.1) is 11.6 Å². The maximum Gasteiger partial charge on any atom is 0.240 e. The topological polar surface area (TPSA) is 64.3 Å². The summed E-state index contributed by atoms with van der Waals surface area (Å²) in [5, 5.41) is 2.95. The zero-order chi connectivity index (χ0) is 10.9. The van der Waals surface area contributed by atoms with Crippen molar-refractivity contribution in [2.24, 2.45) is 11.7 Å². The number of carbonyl (C=O) groups excluding carboxylic acids is 1. The first-order valence-electron chi connectivity index (χ1n) is 5.84. The average Bonchev–Trinajstić information content (AvgIpc) is 2.83. The van der Waals surface area contributed by atoms with Crippen molar-refractivity contribution >= 4 is 5.91 Å². The number of hydrogen-bond donors (Lipinski definition) is 2. The first-order valence-corrected chi connectivity index (χ1v) is 5.84.